The number of nitrogens with zero attached hydrogens (tertiary/aromatic N) is 1. The van der Waals surface area contributed by atoms with E-state index in [4.69, 9.17) is 10.8 Å². The van der Waals surface area contributed by atoms with E-state index < -0.39 is 6.10 Å². The first-order valence-corrected chi connectivity index (χ1v) is 2.86. The Balaban J connectivity index is 2.45. The lowest BCUT2D eigenvalue weighted by Gasteiger charge is -1.99. The van der Waals surface area contributed by atoms with Gasteiger partial charge in [-0.05, 0) is 6.92 Å². The van der Waals surface area contributed by atoms with Gasteiger partial charge < -0.3 is 9.94 Å². The fraction of sp³-hybridized carbons (Fsp3) is 0.800. The molecule has 0 aromatic heterocycles. The Hall–Kier alpha value is -0.610. The SMILES string of the molecule is CC(O)C1=NO[C@@H](N)C1. The highest BCUT2D eigenvalue weighted by Crippen LogP contribution is 2.07. The topological polar surface area (TPSA) is 67.8 Å². The molecule has 4 nitrogen and oxygen atoms in total. The Morgan fingerprint density at radius 1 is 2.00 bits per heavy atom. The summed E-state index contributed by atoms with van der Waals surface area (Å²) in [6, 6.07) is 0. The van der Waals surface area contributed by atoms with Crippen molar-refractivity contribution in [3.8, 4) is 0 Å². The summed E-state index contributed by atoms with van der Waals surface area (Å²) < 4.78 is 0. The number of hydrogen-bond acceptors (Lipinski definition) is 4. The van der Waals surface area contributed by atoms with E-state index in [2.05, 4.69) is 9.99 Å². The van der Waals surface area contributed by atoms with Crippen LogP contribution in [0, 0.1) is 0 Å². The predicted octanol–water partition coefficient (Wildman–Crippen LogP) is -0.572. The van der Waals surface area contributed by atoms with Crippen molar-refractivity contribution >= 4 is 5.71 Å². The minimum atomic E-state index is -0.529. The molecule has 0 aliphatic carbocycles. The van der Waals surface area contributed by atoms with Crippen LogP contribution in [0.1, 0.15) is 13.3 Å². The lowest BCUT2D eigenvalue weighted by Crippen LogP contribution is -2.22. The molecule has 0 spiro atoms. The van der Waals surface area contributed by atoms with Crippen molar-refractivity contribution in [1.29, 1.82) is 0 Å². The molecule has 0 aromatic carbocycles. The van der Waals surface area contributed by atoms with Gasteiger partial charge in [0.15, 0.2) is 6.23 Å². The summed E-state index contributed by atoms with van der Waals surface area (Å²) in [4.78, 5) is 4.63. The summed E-state index contributed by atoms with van der Waals surface area (Å²) in [7, 11) is 0. The summed E-state index contributed by atoms with van der Waals surface area (Å²) in [6.07, 6.45) is -0.342. The molecule has 1 aliphatic heterocycles. The van der Waals surface area contributed by atoms with Crippen LogP contribution in [-0.4, -0.2) is 23.2 Å². The Morgan fingerprint density at radius 3 is 2.89 bits per heavy atom. The molecule has 0 fully saturated rings. The molecule has 2 atom stereocenters. The molecule has 52 valence electrons. The summed E-state index contributed by atoms with van der Waals surface area (Å²) in [5, 5.41) is 12.5. The molecule has 9 heavy (non-hydrogen) atoms. The number of aliphatic hydroxyl groups excluding tert-OH is 1. The molecule has 4 heteroatoms. The van der Waals surface area contributed by atoms with Gasteiger partial charge >= 0.3 is 0 Å². The van der Waals surface area contributed by atoms with E-state index in [0.29, 0.717) is 12.1 Å². The maximum absolute atomic E-state index is 8.90. The maximum atomic E-state index is 8.90. The lowest BCUT2D eigenvalue weighted by atomic mass is 10.2. The van der Waals surface area contributed by atoms with Crippen molar-refractivity contribution in [3.05, 3.63) is 0 Å². The van der Waals surface area contributed by atoms with E-state index in [1.54, 1.807) is 6.92 Å². The van der Waals surface area contributed by atoms with Crippen molar-refractivity contribution in [2.24, 2.45) is 10.9 Å². The third kappa shape index (κ3) is 1.40. The van der Waals surface area contributed by atoms with Crippen LogP contribution in [0.15, 0.2) is 5.16 Å². The second-order valence-electron chi connectivity index (χ2n) is 2.11. The Kier molecular flexibility index (Phi) is 1.68. The van der Waals surface area contributed by atoms with Gasteiger partial charge in [-0.3, -0.25) is 5.73 Å². The summed E-state index contributed by atoms with van der Waals surface area (Å²) in [5.74, 6) is 0. The highest BCUT2D eigenvalue weighted by Gasteiger charge is 2.19. The van der Waals surface area contributed by atoms with Crippen LogP contribution >= 0.6 is 0 Å². The standard InChI is InChI=1S/C5H10N2O2/c1-3(8)4-2-5(6)9-7-4/h3,5,8H,2,6H2,1H3/t3?,5-/m1/s1. The van der Waals surface area contributed by atoms with Crippen molar-refractivity contribution in [2.45, 2.75) is 25.7 Å². The minimum absolute atomic E-state index is 0.352. The monoisotopic (exact) mass is 130 g/mol. The first kappa shape index (κ1) is 6.51. The van der Waals surface area contributed by atoms with Gasteiger partial charge in [-0.1, -0.05) is 5.16 Å². The molecular weight excluding hydrogens is 120 g/mol. The van der Waals surface area contributed by atoms with Gasteiger partial charge in [-0.15, -0.1) is 0 Å². The highest BCUT2D eigenvalue weighted by atomic mass is 16.7. The molecule has 1 heterocycles. The zero-order valence-electron chi connectivity index (χ0n) is 5.24. The zero-order chi connectivity index (χ0) is 6.85. The zero-order valence-corrected chi connectivity index (χ0v) is 5.24. The second-order valence-corrected chi connectivity index (χ2v) is 2.11. The summed E-state index contributed by atoms with van der Waals surface area (Å²) >= 11 is 0. The number of nitrogens with two attached hydrogens (primary N) is 1. The highest BCUT2D eigenvalue weighted by molar-refractivity contribution is 5.88. The fourth-order valence-electron chi connectivity index (χ4n) is 0.663. The largest absolute Gasteiger partial charge is 0.387 e. The number of aliphatic hydroxyl groups is 1. The fourth-order valence-corrected chi connectivity index (χ4v) is 0.663. The first-order valence-electron chi connectivity index (χ1n) is 2.86. The molecule has 0 saturated heterocycles. The number of rotatable bonds is 1. The van der Waals surface area contributed by atoms with Crippen molar-refractivity contribution in [2.75, 3.05) is 0 Å². The smallest absolute Gasteiger partial charge is 0.181 e. The molecule has 3 N–H and O–H groups in total. The quantitative estimate of drug-likeness (QED) is 0.499. The molecule has 0 amide bonds. The lowest BCUT2D eigenvalue weighted by molar-refractivity contribution is 0.0905. The molecular formula is C5H10N2O2. The van der Waals surface area contributed by atoms with E-state index in [0.717, 1.165) is 0 Å². The van der Waals surface area contributed by atoms with Crippen LogP contribution in [-0.2, 0) is 4.84 Å². The Morgan fingerprint density at radius 2 is 2.67 bits per heavy atom. The third-order valence-electron chi connectivity index (χ3n) is 1.20. The summed E-state index contributed by atoms with van der Waals surface area (Å²) in [5.41, 5.74) is 5.94. The number of hydrogen-bond donors (Lipinski definition) is 2. The normalized spacial score (nSPS) is 29.2. The van der Waals surface area contributed by atoms with Crippen LogP contribution in [0.2, 0.25) is 0 Å². The molecule has 0 radical (unpaired) electrons. The Bertz CT molecular complexity index is 133. The van der Waals surface area contributed by atoms with Gasteiger partial charge in [0.25, 0.3) is 0 Å². The van der Waals surface area contributed by atoms with Crippen molar-refractivity contribution in [3.63, 3.8) is 0 Å². The van der Waals surface area contributed by atoms with E-state index in [1.165, 1.54) is 0 Å². The third-order valence-corrected chi connectivity index (χ3v) is 1.20. The molecule has 0 bridgehead atoms. The van der Waals surface area contributed by atoms with E-state index in [9.17, 15) is 0 Å². The molecule has 1 aliphatic rings. The van der Waals surface area contributed by atoms with Gasteiger partial charge in [-0.25, -0.2) is 0 Å². The van der Waals surface area contributed by atoms with Gasteiger partial charge in [0.05, 0.1) is 11.8 Å². The van der Waals surface area contributed by atoms with Gasteiger partial charge in [0.2, 0.25) is 0 Å². The van der Waals surface area contributed by atoms with Gasteiger partial charge in [-0.2, -0.15) is 0 Å². The molecule has 0 saturated carbocycles. The van der Waals surface area contributed by atoms with Gasteiger partial charge in [0, 0.05) is 6.42 Å². The first-order chi connectivity index (χ1) is 4.20. The van der Waals surface area contributed by atoms with E-state index >= 15 is 0 Å². The van der Waals surface area contributed by atoms with Crippen LogP contribution in [0.3, 0.4) is 0 Å². The van der Waals surface area contributed by atoms with E-state index in [-0.39, 0.29) is 6.23 Å². The second kappa shape index (κ2) is 2.33. The van der Waals surface area contributed by atoms with Crippen LogP contribution in [0.4, 0.5) is 0 Å². The predicted molar refractivity (Wildman–Crippen MR) is 32.8 cm³/mol. The Labute approximate surface area is 53.3 Å². The van der Waals surface area contributed by atoms with Crippen molar-refractivity contribution < 1.29 is 9.94 Å². The number of oxime groups is 1. The summed E-state index contributed by atoms with van der Waals surface area (Å²) in [6.45, 7) is 1.64. The average Bonchev–Trinajstić information content (AvgIpc) is 2.14. The van der Waals surface area contributed by atoms with Crippen LogP contribution in [0.5, 0.6) is 0 Å². The van der Waals surface area contributed by atoms with Crippen LogP contribution < -0.4 is 5.73 Å². The van der Waals surface area contributed by atoms with Crippen molar-refractivity contribution in [1.82, 2.24) is 0 Å². The average molecular weight is 130 g/mol. The molecule has 1 unspecified atom stereocenters. The van der Waals surface area contributed by atoms with E-state index in [1.807, 2.05) is 0 Å². The molecule has 0 aromatic rings. The van der Waals surface area contributed by atoms with Crippen LogP contribution in [0.25, 0.3) is 0 Å². The molecule has 1 rings (SSSR count). The minimum Gasteiger partial charge on any atom is -0.387 e. The maximum Gasteiger partial charge on any atom is 0.181 e. The van der Waals surface area contributed by atoms with Gasteiger partial charge in [0.1, 0.15) is 0 Å².